The first-order valence-electron chi connectivity index (χ1n) is 5.18. The van der Waals surface area contributed by atoms with E-state index in [-0.39, 0.29) is 20.5 Å². The van der Waals surface area contributed by atoms with Crippen LogP contribution in [0.4, 0.5) is 0 Å². The van der Waals surface area contributed by atoms with Crippen LogP contribution in [0.3, 0.4) is 0 Å². The number of carbonyl (C=O) groups excluding carboxylic acids is 1. The van der Waals surface area contributed by atoms with Gasteiger partial charge in [0.25, 0.3) is 15.0 Å². The molecule has 0 radical (unpaired) electrons. The maximum Gasteiger partial charge on any atom is 0.262 e. The molecule has 0 fully saturated rings. The first-order valence-corrected chi connectivity index (χ1v) is 8.24. The van der Waals surface area contributed by atoms with Crippen molar-refractivity contribution in [3.05, 3.63) is 27.7 Å². The Morgan fingerprint density at radius 1 is 1.21 bits per heavy atom. The summed E-state index contributed by atoms with van der Waals surface area (Å²) in [5.41, 5.74) is -0.396. The highest BCUT2D eigenvalue weighted by Gasteiger charge is 2.22. The summed E-state index contributed by atoms with van der Waals surface area (Å²) in [6.45, 7) is 5.38. The van der Waals surface area contributed by atoms with Crippen LogP contribution in [-0.2, 0) is 9.05 Å². The van der Waals surface area contributed by atoms with Crippen molar-refractivity contribution in [1.29, 1.82) is 0 Å². The molecule has 4 nitrogen and oxygen atoms in total. The Kier molecular flexibility index (Phi) is 4.78. The van der Waals surface area contributed by atoms with Gasteiger partial charge in [-0.3, -0.25) is 4.79 Å². The molecule has 0 aliphatic heterocycles. The molecule has 0 spiro atoms. The number of benzene rings is 1. The van der Waals surface area contributed by atoms with Crippen LogP contribution in [0.15, 0.2) is 17.0 Å². The third-order valence-corrected chi connectivity index (χ3v) is 4.27. The molecule has 0 aromatic heterocycles. The average molecular weight is 345 g/mol. The van der Waals surface area contributed by atoms with Crippen molar-refractivity contribution in [1.82, 2.24) is 5.32 Å². The van der Waals surface area contributed by atoms with Crippen LogP contribution < -0.4 is 5.32 Å². The van der Waals surface area contributed by atoms with E-state index in [1.807, 2.05) is 0 Å². The lowest BCUT2D eigenvalue weighted by atomic mass is 10.1. The summed E-state index contributed by atoms with van der Waals surface area (Å²) in [5.74, 6) is -0.465. The number of halogens is 3. The Morgan fingerprint density at radius 2 is 1.74 bits per heavy atom. The van der Waals surface area contributed by atoms with Gasteiger partial charge in [0.05, 0.1) is 10.0 Å². The van der Waals surface area contributed by atoms with Crippen molar-refractivity contribution in [3.8, 4) is 0 Å². The Morgan fingerprint density at radius 3 is 2.16 bits per heavy atom. The normalized spacial score (nSPS) is 12.3. The Bertz CT molecular complexity index is 621. The lowest BCUT2D eigenvalue weighted by Gasteiger charge is -2.20. The van der Waals surface area contributed by atoms with E-state index in [0.29, 0.717) is 0 Å². The summed E-state index contributed by atoms with van der Waals surface area (Å²) in [5, 5.41) is 2.42. The lowest BCUT2D eigenvalue weighted by Crippen LogP contribution is -2.40. The molecule has 0 saturated carbocycles. The second-order valence-electron chi connectivity index (χ2n) is 4.91. The second kappa shape index (κ2) is 5.48. The number of rotatable bonds is 2. The lowest BCUT2D eigenvalue weighted by molar-refractivity contribution is 0.0919. The minimum absolute atomic E-state index is 0.0533. The van der Waals surface area contributed by atoms with E-state index in [1.54, 1.807) is 20.8 Å². The van der Waals surface area contributed by atoms with Gasteiger partial charge in [0.1, 0.15) is 4.90 Å². The summed E-state index contributed by atoms with van der Waals surface area (Å²) in [6.07, 6.45) is 0. The van der Waals surface area contributed by atoms with Crippen molar-refractivity contribution in [2.24, 2.45) is 0 Å². The molecule has 1 rings (SSSR count). The number of nitrogens with one attached hydrogen (secondary N) is 1. The fraction of sp³-hybridized carbons (Fsp3) is 0.364. The van der Waals surface area contributed by atoms with E-state index < -0.39 is 20.5 Å². The summed E-state index contributed by atoms with van der Waals surface area (Å²) >= 11 is 11.6. The molecule has 0 aliphatic carbocycles. The highest BCUT2D eigenvalue weighted by atomic mass is 35.7. The molecule has 1 N–H and O–H groups in total. The molecule has 0 unspecified atom stereocenters. The molecule has 0 bridgehead atoms. The third-order valence-electron chi connectivity index (χ3n) is 2.01. The van der Waals surface area contributed by atoms with Crippen molar-refractivity contribution in [3.63, 3.8) is 0 Å². The average Bonchev–Trinajstić information content (AvgIpc) is 2.17. The minimum atomic E-state index is -4.08. The molecule has 1 aromatic rings. The first kappa shape index (κ1) is 16.6. The molecule has 0 aliphatic rings. The van der Waals surface area contributed by atoms with E-state index in [2.05, 4.69) is 5.32 Å². The number of carbonyl (C=O) groups is 1. The van der Waals surface area contributed by atoms with Gasteiger partial charge in [-0.25, -0.2) is 8.42 Å². The van der Waals surface area contributed by atoms with E-state index in [4.69, 9.17) is 33.9 Å². The summed E-state index contributed by atoms with van der Waals surface area (Å²) in [4.78, 5) is 11.6. The first-order chi connectivity index (χ1) is 8.42. The van der Waals surface area contributed by atoms with E-state index in [0.717, 1.165) is 6.07 Å². The van der Waals surface area contributed by atoms with Crippen molar-refractivity contribution >= 4 is 48.8 Å². The maximum atomic E-state index is 12.0. The zero-order valence-corrected chi connectivity index (χ0v) is 13.5. The van der Waals surface area contributed by atoms with Gasteiger partial charge in [0.2, 0.25) is 0 Å². The monoisotopic (exact) mass is 343 g/mol. The van der Waals surface area contributed by atoms with Gasteiger partial charge in [-0.1, -0.05) is 23.2 Å². The van der Waals surface area contributed by atoms with Gasteiger partial charge in [-0.2, -0.15) is 0 Å². The van der Waals surface area contributed by atoms with Crippen LogP contribution in [0.5, 0.6) is 0 Å². The molecule has 19 heavy (non-hydrogen) atoms. The maximum absolute atomic E-state index is 12.0. The fourth-order valence-electron chi connectivity index (χ4n) is 1.29. The Labute approximate surface area is 126 Å². The Balaban J connectivity index is 3.33. The van der Waals surface area contributed by atoms with Crippen molar-refractivity contribution < 1.29 is 13.2 Å². The molecule has 0 heterocycles. The van der Waals surface area contributed by atoms with Gasteiger partial charge in [0.15, 0.2) is 0 Å². The zero-order chi connectivity index (χ0) is 15.0. The molecule has 106 valence electrons. The highest BCUT2D eigenvalue weighted by molar-refractivity contribution is 8.13. The quantitative estimate of drug-likeness (QED) is 0.836. The van der Waals surface area contributed by atoms with Crippen molar-refractivity contribution in [2.45, 2.75) is 31.2 Å². The topological polar surface area (TPSA) is 63.2 Å². The zero-order valence-electron chi connectivity index (χ0n) is 10.4. The summed E-state index contributed by atoms with van der Waals surface area (Å²) in [7, 11) is 1.16. The van der Waals surface area contributed by atoms with E-state index in [1.165, 1.54) is 6.07 Å². The molecule has 0 atom stereocenters. The predicted octanol–water partition coefficient (Wildman–Crippen LogP) is 3.45. The van der Waals surface area contributed by atoms with Crippen LogP contribution >= 0.6 is 33.9 Å². The van der Waals surface area contributed by atoms with Gasteiger partial charge in [-0.05, 0) is 32.9 Å². The minimum Gasteiger partial charge on any atom is -0.347 e. The molecule has 1 amide bonds. The standard InChI is InChI=1S/C11H12Cl3NO3S/c1-11(2,3)15-10(16)6-4-7(12)9(13)8(5-6)19(14,17)18/h4-5H,1-3H3,(H,15,16). The van der Waals surface area contributed by atoms with Gasteiger partial charge in [0, 0.05) is 21.8 Å². The fourth-order valence-corrected chi connectivity index (χ4v) is 3.05. The third kappa shape index (κ3) is 4.53. The van der Waals surface area contributed by atoms with Crippen LogP contribution in [0.1, 0.15) is 31.1 Å². The van der Waals surface area contributed by atoms with E-state index >= 15 is 0 Å². The van der Waals surface area contributed by atoms with Crippen LogP contribution in [-0.4, -0.2) is 19.9 Å². The van der Waals surface area contributed by atoms with Crippen molar-refractivity contribution in [2.75, 3.05) is 0 Å². The molecule has 8 heteroatoms. The van der Waals surface area contributed by atoms with Crippen LogP contribution in [0.2, 0.25) is 10.0 Å². The van der Waals surface area contributed by atoms with Crippen LogP contribution in [0.25, 0.3) is 0 Å². The van der Waals surface area contributed by atoms with Gasteiger partial charge >= 0.3 is 0 Å². The van der Waals surface area contributed by atoms with Gasteiger partial charge < -0.3 is 5.32 Å². The van der Waals surface area contributed by atoms with Gasteiger partial charge in [-0.15, -0.1) is 0 Å². The SMILES string of the molecule is CC(C)(C)NC(=O)c1cc(Cl)c(Cl)c(S(=O)(=O)Cl)c1. The largest absolute Gasteiger partial charge is 0.347 e. The smallest absolute Gasteiger partial charge is 0.262 e. The number of hydrogen-bond acceptors (Lipinski definition) is 3. The summed E-state index contributed by atoms with van der Waals surface area (Å²) < 4.78 is 22.7. The second-order valence-corrected chi connectivity index (χ2v) is 8.23. The highest BCUT2D eigenvalue weighted by Crippen LogP contribution is 2.32. The molecular formula is C11H12Cl3NO3S. The molecular weight excluding hydrogens is 333 g/mol. The predicted molar refractivity (Wildman–Crippen MR) is 76.7 cm³/mol. The number of amides is 1. The Hall–Kier alpha value is -0.490. The molecule has 1 aromatic carbocycles. The number of hydrogen-bond donors (Lipinski definition) is 1. The molecule has 0 saturated heterocycles. The van der Waals surface area contributed by atoms with E-state index in [9.17, 15) is 13.2 Å². The summed E-state index contributed by atoms with van der Waals surface area (Å²) in [6, 6.07) is 2.38. The van der Waals surface area contributed by atoms with Crippen LogP contribution in [0, 0.1) is 0 Å².